The Morgan fingerprint density at radius 2 is 1.75 bits per heavy atom. The van der Waals surface area contributed by atoms with E-state index in [1.165, 1.54) is 26.2 Å². The minimum atomic E-state index is -4.53. The molecule has 0 spiro atoms. The van der Waals surface area contributed by atoms with Gasteiger partial charge < -0.3 is 10.6 Å². The van der Waals surface area contributed by atoms with Crippen molar-refractivity contribution in [2.75, 3.05) is 19.4 Å². The van der Waals surface area contributed by atoms with E-state index in [2.05, 4.69) is 10.6 Å². The normalized spacial score (nSPS) is 13.3. The standard InChI is InChI=1S/C21H25ClF3N3O3S/c1-13(2)19(27-17-10-9-15(11-16(17)22)21(23,24)25)20(29)26-12-14-7-5-6-8-18(14)32(30,31)28(3)4/h5-11,13,19,27H,12H2,1-4H3,(H,26,29)/t19-/m0/s1. The number of hydrogen-bond donors (Lipinski definition) is 2. The predicted molar refractivity (Wildman–Crippen MR) is 118 cm³/mol. The summed E-state index contributed by atoms with van der Waals surface area (Å²) in [6.07, 6.45) is -4.53. The second kappa shape index (κ2) is 10.1. The van der Waals surface area contributed by atoms with Crippen LogP contribution in [0.1, 0.15) is 25.0 Å². The molecule has 11 heteroatoms. The molecule has 176 valence electrons. The summed E-state index contributed by atoms with van der Waals surface area (Å²) >= 11 is 6.00. The first-order chi connectivity index (χ1) is 14.7. The molecule has 2 aromatic rings. The van der Waals surface area contributed by atoms with Crippen LogP contribution in [0.2, 0.25) is 5.02 Å². The van der Waals surface area contributed by atoms with Crippen LogP contribution in [0.5, 0.6) is 0 Å². The zero-order chi connectivity index (χ0) is 24.3. The number of halogens is 4. The highest BCUT2D eigenvalue weighted by Gasteiger charge is 2.31. The molecule has 0 aliphatic heterocycles. The molecule has 0 aliphatic carbocycles. The van der Waals surface area contributed by atoms with E-state index in [9.17, 15) is 26.4 Å². The quantitative estimate of drug-likeness (QED) is 0.575. The predicted octanol–water partition coefficient (Wildman–Crippen LogP) is 4.36. The summed E-state index contributed by atoms with van der Waals surface area (Å²) in [6.45, 7) is 3.48. The summed E-state index contributed by atoms with van der Waals surface area (Å²) < 4.78 is 64.7. The van der Waals surface area contributed by atoms with E-state index >= 15 is 0 Å². The Morgan fingerprint density at radius 3 is 2.28 bits per heavy atom. The maximum Gasteiger partial charge on any atom is 0.416 e. The molecule has 2 aromatic carbocycles. The number of benzene rings is 2. The highest BCUT2D eigenvalue weighted by Crippen LogP contribution is 2.34. The van der Waals surface area contributed by atoms with Gasteiger partial charge in [0.15, 0.2) is 0 Å². The molecule has 0 radical (unpaired) electrons. The topological polar surface area (TPSA) is 78.5 Å². The number of nitrogens with zero attached hydrogens (tertiary/aromatic N) is 1. The van der Waals surface area contributed by atoms with Crippen molar-refractivity contribution in [3.8, 4) is 0 Å². The van der Waals surface area contributed by atoms with Crippen LogP contribution in [-0.4, -0.2) is 38.8 Å². The molecule has 0 saturated heterocycles. The van der Waals surface area contributed by atoms with E-state index in [1.807, 2.05) is 0 Å². The van der Waals surface area contributed by atoms with Crippen molar-refractivity contribution in [1.29, 1.82) is 0 Å². The second-order valence-corrected chi connectivity index (χ2v) is 10.2. The Balaban J connectivity index is 2.20. The molecular formula is C21H25ClF3N3O3S. The van der Waals surface area contributed by atoms with Gasteiger partial charge >= 0.3 is 6.18 Å². The molecule has 2 rings (SSSR count). The first-order valence-electron chi connectivity index (χ1n) is 9.66. The van der Waals surface area contributed by atoms with Crippen molar-refractivity contribution in [3.05, 3.63) is 58.6 Å². The maximum absolute atomic E-state index is 12.9. The number of carbonyl (C=O) groups is 1. The number of carbonyl (C=O) groups excluding carboxylic acids is 1. The van der Waals surface area contributed by atoms with Gasteiger partial charge in [0.25, 0.3) is 0 Å². The summed E-state index contributed by atoms with van der Waals surface area (Å²) in [5.41, 5.74) is -0.300. The van der Waals surface area contributed by atoms with E-state index in [0.29, 0.717) is 5.56 Å². The van der Waals surface area contributed by atoms with Gasteiger partial charge in [0.2, 0.25) is 15.9 Å². The van der Waals surface area contributed by atoms with Crippen molar-refractivity contribution < 1.29 is 26.4 Å². The lowest BCUT2D eigenvalue weighted by Crippen LogP contribution is -2.43. The van der Waals surface area contributed by atoms with Crippen LogP contribution in [0, 0.1) is 5.92 Å². The monoisotopic (exact) mass is 491 g/mol. The molecule has 0 saturated carbocycles. The molecule has 6 nitrogen and oxygen atoms in total. The molecule has 1 atom stereocenters. The van der Waals surface area contributed by atoms with E-state index in [0.717, 1.165) is 16.4 Å². The van der Waals surface area contributed by atoms with Crippen molar-refractivity contribution in [3.63, 3.8) is 0 Å². The summed E-state index contributed by atoms with van der Waals surface area (Å²) in [4.78, 5) is 12.9. The summed E-state index contributed by atoms with van der Waals surface area (Å²) in [6, 6.07) is 8.34. The zero-order valence-electron chi connectivity index (χ0n) is 18.0. The van der Waals surface area contributed by atoms with Gasteiger partial charge in [0.1, 0.15) is 6.04 Å². The molecule has 1 amide bonds. The van der Waals surface area contributed by atoms with E-state index in [-0.39, 0.29) is 28.1 Å². The van der Waals surface area contributed by atoms with Crippen LogP contribution in [0.15, 0.2) is 47.4 Å². The highest BCUT2D eigenvalue weighted by atomic mass is 35.5. The molecule has 0 fully saturated rings. The Bertz CT molecular complexity index is 1070. The average molecular weight is 492 g/mol. The maximum atomic E-state index is 12.9. The Labute approximate surface area is 190 Å². The van der Waals surface area contributed by atoms with Gasteiger partial charge in [-0.3, -0.25) is 4.79 Å². The average Bonchev–Trinajstić information content (AvgIpc) is 2.70. The lowest BCUT2D eigenvalue weighted by molar-refractivity contribution is -0.137. The minimum absolute atomic E-state index is 0.0479. The van der Waals surface area contributed by atoms with Gasteiger partial charge in [0.05, 0.1) is 21.2 Å². The molecule has 0 heterocycles. The van der Waals surface area contributed by atoms with Crippen molar-refractivity contribution in [2.45, 2.75) is 37.5 Å². The fourth-order valence-corrected chi connectivity index (χ4v) is 4.25. The van der Waals surface area contributed by atoms with E-state index in [4.69, 9.17) is 11.6 Å². The van der Waals surface area contributed by atoms with Gasteiger partial charge in [-0.25, -0.2) is 12.7 Å². The third kappa shape index (κ3) is 6.14. The summed E-state index contributed by atoms with van der Waals surface area (Å²) in [7, 11) is -0.878. The van der Waals surface area contributed by atoms with Gasteiger partial charge in [-0.1, -0.05) is 43.6 Å². The second-order valence-electron chi connectivity index (χ2n) is 7.67. The van der Waals surface area contributed by atoms with Gasteiger partial charge in [0, 0.05) is 20.6 Å². The van der Waals surface area contributed by atoms with Crippen LogP contribution >= 0.6 is 11.6 Å². The molecule has 0 unspecified atom stereocenters. The Morgan fingerprint density at radius 1 is 1.12 bits per heavy atom. The van der Waals surface area contributed by atoms with E-state index in [1.54, 1.807) is 32.0 Å². The highest BCUT2D eigenvalue weighted by molar-refractivity contribution is 7.89. The van der Waals surface area contributed by atoms with Crippen LogP contribution in [-0.2, 0) is 27.5 Å². The van der Waals surface area contributed by atoms with Gasteiger partial charge in [-0.05, 0) is 35.7 Å². The SMILES string of the molecule is CC(C)[C@H](Nc1ccc(C(F)(F)F)cc1Cl)C(=O)NCc1ccccc1S(=O)(=O)N(C)C. The summed E-state index contributed by atoms with van der Waals surface area (Å²) in [5, 5.41) is 5.42. The third-order valence-electron chi connectivity index (χ3n) is 4.74. The van der Waals surface area contributed by atoms with Crippen LogP contribution in [0.25, 0.3) is 0 Å². The number of hydrogen-bond acceptors (Lipinski definition) is 4. The number of sulfonamides is 1. The number of amides is 1. The van der Waals surface area contributed by atoms with Crippen LogP contribution in [0.4, 0.5) is 18.9 Å². The smallest absolute Gasteiger partial charge is 0.372 e. The van der Waals surface area contributed by atoms with Crippen LogP contribution in [0.3, 0.4) is 0 Å². The first kappa shape index (κ1) is 26.0. The first-order valence-corrected chi connectivity index (χ1v) is 11.5. The third-order valence-corrected chi connectivity index (χ3v) is 6.97. The summed E-state index contributed by atoms with van der Waals surface area (Å²) in [5.74, 6) is -0.692. The van der Waals surface area contributed by atoms with Crippen LogP contribution < -0.4 is 10.6 Å². The van der Waals surface area contributed by atoms with Crippen molar-refractivity contribution >= 4 is 33.2 Å². The molecule has 2 N–H and O–H groups in total. The molecule has 0 bridgehead atoms. The van der Waals surface area contributed by atoms with Crippen molar-refractivity contribution in [2.24, 2.45) is 5.92 Å². The number of anilines is 1. The van der Waals surface area contributed by atoms with Gasteiger partial charge in [-0.2, -0.15) is 13.2 Å². The van der Waals surface area contributed by atoms with Crippen molar-refractivity contribution in [1.82, 2.24) is 9.62 Å². The molecular weight excluding hydrogens is 467 g/mol. The lowest BCUT2D eigenvalue weighted by atomic mass is 10.0. The fourth-order valence-electron chi connectivity index (χ4n) is 2.90. The number of rotatable bonds is 8. The Kier molecular flexibility index (Phi) is 8.19. The lowest BCUT2D eigenvalue weighted by Gasteiger charge is -2.24. The largest absolute Gasteiger partial charge is 0.416 e. The fraction of sp³-hybridized carbons (Fsp3) is 0.381. The van der Waals surface area contributed by atoms with Gasteiger partial charge in [-0.15, -0.1) is 0 Å². The van der Waals surface area contributed by atoms with E-state index < -0.39 is 33.7 Å². The molecule has 0 aliphatic rings. The number of nitrogens with one attached hydrogen (secondary N) is 2. The Hall–Kier alpha value is -2.30. The molecule has 0 aromatic heterocycles. The molecule has 32 heavy (non-hydrogen) atoms. The number of alkyl halides is 3. The zero-order valence-corrected chi connectivity index (χ0v) is 19.6. The minimum Gasteiger partial charge on any atom is -0.372 e.